The highest BCUT2D eigenvalue weighted by molar-refractivity contribution is 7.93. The number of aliphatic hydroxyl groups excluding tert-OH is 1. The molecule has 0 radical (unpaired) electrons. The van der Waals surface area contributed by atoms with Gasteiger partial charge in [-0.3, -0.25) is 4.79 Å². The molecular formula is C19H22N2O4S2. The van der Waals surface area contributed by atoms with Gasteiger partial charge in [-0.05, 0) is 43.4 Å². The number of sulfonamides is 1. The van der Waals surface area contributed by atoms with E-state index < -0.39 is 16.1 Å². The lowest BCUT2D eigenvalue weighted by atomic mass is 9.97. The van der Waals surface area contributed by atoms with Gasteiger partial charge in [-0.1, -0.05) is 18.2 Å². The first-order valence-electron chi connectivity index (χ1n) is 8.77. The highest BCUT2D eigenvalue weighted by Gasteiger charge is 2.32. The van der Waals surface area contributed by atoms with Gasteiger partial charge in [-0.15, -0.1) is 17.9 Å². The summed E-state index contributed by atoms with van der Waals surface area (Å²) in [6.07, 6.45) is 4.88. The fourth-order valence-electron chi connectivity index (χ4n) is 3.23. The van der Waals surface area contributed by atoms with Gasteiger partial charge < -0.3 is 5.11 Å². The summed E-state index contributed by atoms with van der Waals surface area (Å²) in [7, 11) is -3.73. The molecule has 0 saturated heterocycles. The molecule has 1 fully saturated rings. The lowest BCUT2D eigenvalue weighted by Crippen LogP contribution is -2.31. The average Bonchev–Trinajstić information content (AvgIpc) is 3.29. The maximum Gasteiger partial charge on any atom is 0.266 e. The van der Waals surface area contributed by atoms with Crippen LogP contribution in [-0.2, 0) is 21.2 Å². The number of thiazole rings is 1. The van der Waals surface area contributed by atoms with Crippen LogP contribution >= 0.6 is 11.3 Å². The first-order valence-corrected chi connectivity index (χ1v) is 11.1. The number of anilines is 1. The lowest BCUT2D eigenvalue weighted by Gasteiger charge is -2.20. The Morgan fingerprint density at radius 3 is 2.59 bits per heavy atom. The topological polar surface area (TPSA) is 87.6 Å². The molecular weight excluding hydrogens is 384 g/mol. The quantitative estimate of drug-likeness (QED) is 0.681. The number of Topliss-reactive ketones (excluding diaryl/α,β-unsaturated/α-hetero) is 1. The van der Waals surface area contributed by atoms with Crippen LogP contribution in [0.15, 0.2) is 53.4 Å². The number of carbonyl (C=O) groups excluding carboxylic acids is 1. The fraction of sp³-hybridized carbons (Fsp3) is 0.368. The van der Waals surface area contributed by atoms with Gasteiger partial charge in [0.25, 0.3) is 10.0 Å². The number of aliphatic hydroxyl groups is 1. The zero-order chi connectivity index (χ0) is 19.4. The molecule has 1 unspecified atom stereocenters. The normalized spacial score (nSPS) is 20.0. The molecule has 27 heavy (non-hydrogen) atoms. The van der Waals surface area contributed by atoms with Gasteiger partial charge in [-0.2, -0.15) is 0 Å². The number of hydrogen-bond acceptors (Lipinski definition) is 6. The van der Waals surface area contributed by atoms with Crippen molar-refractivity contribution in [2.45, 2.75) is 36.7 Å². The Morgan fingerprint density at radius 1 is 1.30 bits per heavy atom. The van der Waals surface area contributed by atoms with Crippen LogP contribution in [-0.4, -0.2) is 36.9 Å². The lowest BCUT2D eigenvalue weighted by molar-refractivity contribution is -0.127. The zero-order valence-corrected chi connectivity index (χ0v) is 16.5. The molecule has 1 aromatic carbocycles. The maximum atomic E-state index is 13.0. The van der Waals surface area contributed by atoms with E-state index in [2.05, 4.69) is 11.6 Å². The van der Waals surface area contributed by atoms with Crippen LogP contribution in [0.1, 0.15) is 24.8 Å². The molecule has 1 aliphatic carbocycles. The number of aryl methyl sites for hydroxylation is 1. The van der Waals surface area contributed by atoms with Crippen molar-refractivity contribution < 1.29 is 18.3 Å². The summed E-state index contributed by atoms with van der Waals surface area (Å²) in [5.74, 6) is -0.172. The standard InChI is InChI=1S/C19H22N2O4S2/c1-2-12-21(19-20-11-13-26-19)27(24,25)16-8-4-14(5-9-16)3-6-15-7-10-17(22)18(15)23/h2,4-5,8-9,11,13,15,17,22H,1,3,6-7,10,12H2/t15?,17-/m1/s1. The van der Waals surface area contributed by atoms with Crippen LogP contribution < -0.4 is 4.31 Å². The van der Waals surface area contributed by atoms with Crippen molar-refractivity contribution >= 4 is 32.3 Å². The van der Waals surface area contributed by atoms with Crippen molar-refractivity contribution in [2.24, 2.45) is 5.92 Å². The maximum absolute atomic E-state index is 13.0. The SMILES string of the molecule is C=CCN(c1nccs1)S(=O)(=O)c1ccc(CCC2CC[C@@H](O)C2=O)cc1. The van der Waals surface area contributed by atoms with Crippen LogP contribution in [0.3, 0.4) is 0 Å². The Kier molecular flexibility index (Phi) is 6.08. The molecule has 0 bridgehead atoms. The molecule has 1 aliphatic rings. The molecule has 6 nitrogen and oxygen atoms in total. The van der Waals surface area contributed by atoms with Crippen LogP contribution in [0.2, 0.25) is 0 Å². The number of nitrogens with zero attached hydrogens (tertiary/aromatic N) is 2. The number of benzene rings is 1. The molecule has 144 valence electrons. The van der Waals surface area contributed by atoms with Crippen LogP contribution in [0, 0.1) is 5.92 Å². The first kappa shape index (κ1) is 19.7. The molecule has 1 heterocycles. The summed E-state index contributed by atoms with van der Waals surface area (Å²) < 4.78 is 27.1. The van der Waals surface area contributed by atoms with E-state index in [1.807, 2.05) is 0 Å². The Balaban J connectivity index is 1.72. The van der Waals surface area contributed by atoms with Crippen molar-refractivity contribution in [3.63, 3.8) is 0 Å². The highest BCUT2D eigenvalue weighted by Crippen LogP contribution is 2.28. The Morgan fingerprint density at radius 2 is 2.04 bits per heavy atom. The van der Waals surface area contributed by atoms with Gasteiger partial charge in [0, 0.05) is 17.5 Å². The van der Waals surface area contributed by atoms with Gasteiger partial charge in [0.1, 0.15) is 6.10 Å². The Hall–Kier alpha value is -2.03. The smallest absolute Gasteiger partial charge is 0.266 e. The molecule has 1 aromatic heterocycles. The third kappa shape index (κ3) is 4.28. The summed E-state index contributed by atoms with van der Waals surface area (Å²) in [6.45, 7) is 3.77. The van der Waals surface area contributed by atoms with Gasteiger partial charge in [0.2, 0.25) is 0 Å². The van der Waals surface area contributed by atoms with Gasteiger partial charge in [-0.25, -0.2) is 17.7 Å². The molecule has 1 saturated carbocycles. The predicted molar refractivity (Wildman–Crippen MR) is 105 cm³/mol. The van der Waals surface area contributed by atoms with Gasteiger partial charge in [0.05, 0.1) is 11.4 Å². The van der Waals surface area contributed by atoms with Gasteiger partial charge in [0.15, 0.2) is 10.9 Å². The predicted octanol–water partition coefficient (Wildman–Crippen LogP) is 2.80. The Labute approximate surface area is 163 Å². The van der Waals surface area contributed by atoms with Crippen molar-refractivity contribution in [3.8, 4) is 0 Å². The number of rotatable bonds is 8. The zero-order valence-electron chi connectivity index (χ0n) is 14.8. The third-order valence-corrected chi connectivity index (χ3v) is 7.42. The van der Waals surface area contributed by atoms with E-state index in [9.17, 15) is 18.3 Å². The summed E-state index contributed by atoms with van der Waals surface area (Å²) >= 11 is 1.25. The first-order chi connectivity index (χ1) is 12.9. The van der Waals surface area contributed by atoms with Gasteiger partial charge >= 0.3 is 0 Å². The van der Waals surface area contributed by atoms with E-state index >= 15 is 0 Å². The molecule has 2 aromatic rings. The van der Waals surface area contributed by atoms with E-state index in [0.717, 1.165) is 12.0 Å². The van der Waals surface area contributed by atoms with Crippen molar-refractivity contribution in [1.29, 1.82) is 0 Å². The van der Waals surface area contributed by atoms with E-state index in [4.69, 9.17) is 0 Å². The summed E-state index contributed by atoms with van der Waals surface area (Å²) in [5, 5.41) is 11.7. The fourth-order valence-corrected chi connectivity index (χ4v) is 5.50. The monoisotopic (exact) mass is 406 g/mol. The second-order valence-corrected chi connectivity index (χ2v) is 9.25. The number of carbonyl (C=O) groups is 1. The molecule has 0 aliphatic heterocycles. The van der Waals surface area contributed by atoms with Crippen molar-refractivity contribution in [2.75, 3.05) is 10.8 Å². The average molecular weight is 407 g/mol. The molecule has 0 spiro atoms. The van der Waals surface area contributed by atoms with Crippen LogP contribution in [0.4, 0.5) is 5.13 Å². The summed E-state index contributed by atoms with van der Waals surface area (Å²) in [6, 6.07) is 6.71. The molecule has 2 atom stereocenters. The molecule has 3 rings (SSSR count). The second-order valence-electron chi connectivity index (χ2n) is 6.51. The molecule has 8 heteroatoms. The largest absolute Gasteiger partial charge is 0.385 e. The summed E-state index contributed by atoms with van der Waals surface area (Å²) in [4.78, 5) is 16.1. The van der Waals surface area contributed by atoms with E-state index in [1.165, 1.54) is 21.7 Å². The minimum atomic E-state index is -3.73. The molecule has 0 amide bonds. The second kappa shape index (κ2) is 8.33. The van der Waals surface area contributed by atoms with E-state index in [0.29, 0.717) is 24.4 Å². The number of ketones is 1. The van der Waals surface area contributed by atoms with E-state index in [-0.39, 0.29) is 23.1 Å². The number of aromatic nitrogens is 1. The molecule has 1 N–H and O–H groups in total. The van der Waals surface area contributed by atoms with Crippen LogP contribution in [0.25, 0.3) is 0 Å². The number of hydrogen-bond donors (Lipinski definition) is 1. The van der Waals surface area contributed by atoms with E-state index in [1.54, 1.807) is 35.8 Å². The minimum Gasteiger partial charge on any atom is -0.385 e. The Bertz CT molecular complexity index is 892. The summed E-state index contributed by atoms with van der Waals surface area (Å²) in [5.41, 5.74) is 0.965. The third-order valence-electron chi connectivity index (χ3n) is 4.74. The highest BCUT2D eigenvalue weighted by atomic mass is 32.2. The van der Waals surface area contributed by atoms with Crippen molar-refractivity contribution in [1.82, 2.24) is 4.98 Å². The van der Waals surface area contributed by atoms with Crippen LogP contribution in [0.5, 0.6) is 0 Å². The minimum absolute atomic E-state index is 0.0716. The van der Waals surface area contributed by atoms with Crippen molar-refractivity contribution in [3.05, 3.63) is 54.1 Å².